The summed E-state index contributed by atoms with van der Waals surface area (Å²) in [5.41, 5.74) is 8.47. The summed E-state index contributed by atoms with van der Waals surface area (Å²) in [6.07, 6.45) is 0. The Morgan fingerprint density at radius 3 is 2.62 bits per heavy atom. The van der Waals surface area contributed by atoms with Crippen LogP contribution in [0.15, 0.2) is 30.3 Å². The van der Waals surface area contributed by atoms with Gasteiger partial charge in [-0.25, -0.2) is 0 Å². The van der Waals surface area contributed by atoms with Crippen LogP contribution in [0.4, 0.5) is 11.5 Å². The molecule has 21 heavy (non-hydrogen) atoms. The number of nitrogens with two attached hydrogens (primary N) is 1. The van der Waals surface area contributed by atoms with Gasteiger partial charge < -0.3 is 15.4 Å². The largest absolute Gasteiger partial charge is 0.476 e. The first-order valence-electron chi connectivity index (χ1n) is 7.20. The highest BCUT2D eigenvalue weighted by atomic mass is 16.5. The minimum Gasteiger partial charge on any atom is -0.476 e. The van der Waals surface area contributed by atoms with Crippen molar-refractivity contribution in [3.05, 3.63) is 41.7 Å². The molecule has 2 heterocycles. The van der Waals surface area contributed by atoms with Crippen LogP contribution in [0.3, 0.4) is 0 Å². The van der Waals surface area contributed by atoms with Crippen LogP contribution in [0.1, 0.15) is 25.2 Å². The Morgan fingerprint density at radius 1 is 1.14 bits per heavy atom. The summed E-state index contributed by atoms with van der Waals surface area (Å²) in [7, 11) is 0. The number of ether oxygens (including phenoxy) is 1. The van der Waals surface area contributed by atoms with E-state index in [0.717, 1.165) is 23.8 Å². The Morgan fingerprint density at radius 2 is 1.95 bits per heavy atom. The van der Waals surface area contributed by atoms with Crippen LogP contribution in [0, 0.1) is 6.92 Å². The van der Waals surface area contributed by atoms with Crippen LogP contribution in [-0.2, 0) is 6.54 Å². The number of aryl methyl sites for hydroxylation is 1. The average Bonchev–Trinajstić information content (AvgIpc) is 2.47. The molecule has 0 atom stereocenters. The van der Waals surface area contributed by atoms with Gasteiger partial charge in [-0.15, -0.1) is 0 Å². The molecule has 0 radical (unpaired) electrons. The predicted molar refractivity (Wildman–Crippen MR) is 85.5 cm³/mol. The second-order valence-electron chi connectivity index (χ2n) is 4.78. The topological polar surface area (TPSA) is 64.3 Å². The van der Waals surface area contributed by atoms with Crippen molar-refractivity contribution in [2.24, 2.45) is 0 Å². The minimum atomic E-state index is 0.491. The highest BCUT2D eigenvalue weighted by Crippen LogP contribution is 2.24. The third kappa shape index (κ3) is 3.84. The molecule has 2 N–H and O–H groups in total. The first-order valence-corrected chi connectivity index (χ1v) is 7.20. The average molecular weight is 286 g/mol. The van der Waals surface area contributed by atoms with Crippen molar-refractivity contribution in [2.45, 2.75) is 27.3 Å². The smallest absolute Gasteiger partial charge is 0.239 e. The highest BCUT2D eigenvalue weighted by Gasteiger charge is 2.11. The van der Waals surface area contributed by atoms with E-state index in [0.29, 0.717) is 24.7 Å². The Labute approximate surface area is 125 Å². The zero-order valence-corrected chi connectivity index (χ0v) is 12.8. The fraction of sp³-hybridized carbons (Fsp3) is 0.375. The summed E-state index contributed by atoms with van der Waals surface area (Å²) in [5, 5.41) is 0. The Hall–Kier alpha value is -2.30. The lowest BCUT2D eigenvalue weighted by Crippen LogP contribution is -2.24. The van der Waals surface area contributed by atoms with Gasteiger partial charge in [0.05, 0.1) is 24.5 Å². The number of anilines is 2. The number of hydrogen-bond donors (Lipinski definition) is 1. The lowest BCUT2D eigenvalue weighted by atomic mass is 10.3. The van der Waals surface area contributed by atoms with Gasteiger partial charge in [-0.1, -0.05) is 6.07 Å². The van der Waals surface area contributed by atoms with Gasteiger partial charge in [0.2, 0.25) is 5.88 Å². The molecule has 0 aliphatic rings. The molecular weight excluding hydrogens is 264 g/mol. The van der Waals surface area contributed by atoms with Crippen molar-refractivity contribution in [3.63, 3.8) is 0 Å². The maximum atomic E-state index is 5.87. The summed E-state index contributed by atoms with van der Waals surface area (Å²) in [6, 6.07) is 9.79. The second kappa shape index (κ2) is 6.92. The molecule has 5 heteroatoms. The van der Waals surface area contributed by atoms with E-state index in [1.165, 1.54) is 0 Å². The van der Waals surface area contributed by atoms with Crippen molar-refractivity contribution < 1.29 is 4.74 Å². The maximum Gasteiger partial charge on any atom is 0.239 e. The molecule has 2 rings (SSSR count). The van der Waals surface area contributed by atoms with Gasteiger partial charge in [-0.3, -0.25) is 4.98 Å². The van der Waals surface area contributed by atoms with Gasteiger partial charge in [0.15, 0.2) is 0 Å². The van der Waals surface area contributed by atoms with Crippen LogP contribution in [0.5, 0.6) is 5.88 Å². The van der Waals surface area contributed by atoms with Gasteiger partial charge in [0.25, 0.3) is 0 Å². The Kier molecular flexibility index (Phi) is 4.98. The first kappa shape index (κ1) is 15.1. The van der Waals surface area contributed by atoms with Crippen LogP contribution < -0.4 is 15.4 Å². The summed E-state index contributed by atoms with van der Waals surface area (Å²) in [6.45, 7) is 8.09. The zero-order valence-electron chi connectivity index (χ0n) is 12.8. The molecule has 2 aromatic heterocycles. The zero-order chi connectivity index (χ0) is 15.2. The minimum absolute atomic E-state index is 0.491. The lowest BCUT2D eigenvalue weighted by Gasteiger charge is -2.22. The van der Waals surface area contributed by atoms with E-state index in [1.807, 2.05) is 44.2 Å². The van der Waals surface area contributed by atoms with E-state index in [-0.39, 0.29) is 0 Å². The molecule has 0 aromatic carbocycles. The molecule has 0 fully saturated rings. The van der Waals surface area contributed by atoms with Gasteiger partial charge in [0, 0.05) is 12.2 Å². The van der Waals surface area contributed by atoms with Gasteiger partial charge in [-0.05, 0) is 45.0 Å². The summed E-state index contributed by atoms with van der Waals surface area (Å²) < 4.78 is 5.46. The van der Waals surface area contributed by atoms with E-state index < -0.39 is 0 Å². The van der Waals surface area contributed by atoms with Crippen molar-refractivity contribution >= 4 is 11.5 Å². The quantitative estimate of drug-likeness (QED) is 0.884. The number of nitrogen functional groups attached to an aromatic ring is 1. The third-order valence-corrected chi connectivity index (χ3v) is 3.16. The van der Waals surface area contributed by atoms with Crippen LogP contribution >= 0.6 is 0 Å². The molecule has 112 valence electrons. The third-order valence-electron chi connectivity index (χ3n) is 3.16. The number of pyridine rings is 2. The SMILES string of the molecule is CCOc1nc(N(CC)Cc2cccc(C)n2)ccc1N. The fourth-order valence-corrected chi connectivity index (χ4v) is 2.11. The second-order valence-corrected chi connectivity index (χ2v) is 4.78. The van der Waals surface area contributed by atoms with Crippen LogP contribution in [0.25, 0.3) is 0 Å². The maximum absolute atomic E-state index is 5.87. The molecule has 5 nitrogen and oxygen atoms in total. The first-order chi connectivity index (χ1) is 10.1. The number of hydrogen-bond acceptors (Lipinski definition) is 5. The highest BCUT2D eigenvalue weighted by molar-refractivity contribution is 5.54. The lowest BCUT2D eigenvalue weighted by molar-refractivity contribution is 0.329. The Bertz CT molecular complexity index is 601. The van der Waals surface area contributed by atoms with E-state index >= 15 is 0 Å². The van der Waals surface area contributed by atoms with E-state index in [4.69, 9.17) is 10.5 Å². The van der Waals surface area contributed by atoms with E-state index in [2.05, 4.69) is 21.8 Å². The summed E-state index contributed by atoms with van der Waals surface area (Å²) in [4.78, 5) is 11.2. The van der Waals surface area contributed by atoms with E-state index in [9.17, 15) is 0 Å². The molecule has 0 bridgehead atoms. The molecule has 0 spiro atoms. The molecular formula is C16H22N4O. The fourth-order valence-electron chi connectivity index (χ4n) is 2.11. The molecule has 2 aromatic rings. The van der Waals surface area contributed by atoms with Crippen LogP contribution in [0.2, 0.25) is 0 Å². The van der Waals surface area contributed by atoms with Gasteiger partial charge in [-0.2, -0.15) is 4.98 Å². The molecule has 0 amide bonds. The number of rotatable bonds is 6. The summed E-state index contributed by atoms with van der Waals surface area (Å²) in [5.74, 6) is 1.34. The molecule has 0 aliphatic carbocycles. The molecule has 0 saturated heterocycles. The van der Waals surface area contributed by atoms with Crippen molar-refractivity contribution in [3.8, 4) is 5.88 Å². The standard InChI is InChI=1S/C16H22N4O/c1-4-20(11-13-8-6-7-12(3)18-13)15-10-9-14(17)16(19-15)21-5-2/h6-10H,4-5,11,17H2,1-3H3. The molecule has 0 unspecified atom stereocenters. The normalized spacial score (nSPS) is 10.4. The van der Waals surface area contributed by atoms with E-state index in [1.54, 1.807) is 0 Å². The monoisotopic (exact) mass is 286 g/mol. The predicted octanol–water partition coefficient (Wildman–Crippen LogP) is 2.79. The summed E-state index contributed by atoms with van der Waals surface area (Å²) >= 11 is 0. The molecule has 0 aliphatic heterocycles. The number of nitrogens with zero attached hydrogens (tertiary/aromatic N) is 3. The van der Waals surface area contributed by atoms with Crippen molar-refractivity contribution in [2.75, 3.05) is 23.8 Å². The van der Waals surface area contributed by atoms with Crippen LogP contribution in [-0.4, -0.2) is 23.1 Å². The molecule has 0 saturated carbocycles. The van der Waals surface area contributed by atoms with Crippen molar-refractivity contribution in [1.82, 2.24) is 9.97 Å². The number of aromatic nitrogens is 2. The Balaban J connectivity index is 2.22. The van der Waals surface area contributed by atoms with Gasteiger partial charge in [0.1, 0.15) is 5.82 Å². The van der Waals surface area contributed by atoms with Gasteiger partial charge >= 0.3 is 0 Å². The van der Waals surface area contributed by atoms with Crippen molar-refractivity contribution in [1.29, 1.82) is 0 Å².